The lowest BCUT2D eigenvalue weighted by atomic mass is 10.1. The van der Waals surface area contributed by atoms with E-state index in [1.54, 1.807) is 12.1 Å². The third kappa shape index (κ3) is 3.25. The van der Waals surface area contributed by atoms with Crippen LogP contribution in [-0.2, 0) is 6.54 Å². The minimum atomic E-state index is -0.288. The molecule has 0 spiro atoms. The van der Waals surface area contributed by atoms with Crippen LogP contribution < -0.4 is 5.73 Å². The lowest BCUT2D eigenvalue weighted by molar-refractivity contribution is 0.182. The van der Waals surface area contributed by atoms with Gasteiger partial charge in [0, 0.05) is 30.3 Å². The van der Waals surface area contributed by atoms with E-state index in [0.29, 0.717) is 30.3 Å². The predicted octanol–water partition coefficient (Wildman–Crippen LogP) is 1.42. The van der Waals surface area contributed by atoms with Crippen LogP contribution in [0.3, 0.4) is 0 Å². The van der Waals surface area contributed by atoms with Crippen molar-refractivity contribution in [3.05, 3.63) is 35.1 Å². The van der Waals surface area contributed by atoms with E-state index in [0.717, 1.165) is 12.8 Å². The molecule has 0 atom stereocenters. The van der Waals surface area contributed by atoms with Crippen molar-refractivity contribution in [3.8, 4) is 0 Å². The number of aliphatic hydroxyl groups excluding tert-OH is 1. The summed E-state index contributed by atoms with van der Waals surface area (Å²) >= 11 is 4.81. The van der Waals surface area contributed by atoms with Crippen molar-refractivity contribution < 1.29 is 9.50 Å². The lowest BCUT2D eigenvalue weighted by Gasteiger charge is -2.21. The fraction of sp³-hybridized carbons (Fsp3) is 0.462. The monoisotopic (exact) mass is 268 g/mol. The molecule has 98 valence electrons. The van der Waals surface area contributed by atoms with Crippen molar-refractivity contribution in [3.63, 3.8) is 0 Å². The summed E-state index contributed by atoms with van der Waals surface area (Å²) in [5.74, 6) is -0.288. The Kier molecular flexibility index (Phi) is 4.27. The number of thiocarbonyl (C=S) groups is 1. The molecule has 1 saturated carbocycles. The molecule has 0 unspecified atom stereocenters. The first-order chi connectivity index (χ1) is 8.61. The van der Waals surface area contributed by atoms with E-state index in [9.17, 15) is 4.39 Å². The van der Waals surface area contributed by atoms with Gasteiger partial charge in [0.2, 0.25) is 0 Å². The SMILES string of the molecule is NC(=S)c1ccc(CN(CCO)C2CC2)c(F)c1. The summed E-state index contributed by atoms with van der Waals surface area (Å²) in [6.45, 7) is 1.21. The topological polar surface area (TPSA) is 49.5 Å². The van der Waals surface area contributed by atoms with Crippen molar-refractivity contribution in [1.29, 1.82) is 0 Å². The molecule has 1 fully saturated rings. The first-order valence-corrected chi connectivity index (χ1v) is 6.45. The van der Waals surface area contributed by atoms with Crippen LogP contribution in [0.1, 0.15) is 24.0 Å². The second-order valence-corrected chi connectivity index (χ2v) is 5.04. The van der Waals surface area contributed by atoms with Gasteiger partial charge < -0.3 is 10.8 Å². The molecule has 1 aromatic carbocycles. The van der Waals surface area contributed by atoms with Crippen LogP contribution >= 0.6 is 12.2 Å². The molecule has 0 aromatic heterocycles. The first-order valence-electron chi connectivity index (χ1n) is 6.05. The molecule has 0 aliphatic heterocycles. The van der Waals surface area contributed by atoms with Gasteiger partial charge in [-0.05, 0) is 18.9 Å². The molecular formula is C13H17FN2OS. The molecular weight excluding hydrogens is 251 g/mol. The third-order valence-corrected chi connectivity index (χ3v) is 3.40. The molecule has 0 saturated heterocycles. The molecule has 18 heavy (non-hydrogen) atoms. The largest absolute Gasteiger partial charge is 0.395 e. The Hall–Kier alpha value is -1.04. The summed E-state index contributed by atoms with van der Waals surface area (Å²) in [5, 5.41) is 9.01. The van der Waals surface area contributed by atoms with Gasteiger partial charge >= 0.3 is 0 Å². The number of halogens is 1. The maximum Gasteiger partial charge on any atom is 0.128 e. The number of hydrogen-bond donors (Lipinski definition) is 2. The Morgan fingerprint density at radius 2 is 2.22 bits per heavy atom. The van der Waals surface area contributed by atoms with Crippen molar-refractivity contribution in [1.82, 2.24) is 4.90 Å². The smallest absolute Gasteiger partial charge is 0.128 e. The number of hydrogen-bond acceptors (Lipinski definition) is 3. The molecule has 3 nitrogen and oxygen atoms in total. The van der Waals surface area contributed by atoms with E-state index in [4.69, 9.17) is 23.1 Å². The van der Waals surface area contributed by atoms with Gasteiger partial charge in [-0.15, -0.1) is 0 Å². The molecule has 0 bridgehead atoms. The fourth-order valence-corrected chi connectivity index (χ4v) is 2.13. The number of rotatable bonds is 6. The normalized spacial score (nSPS) is 15.1. The van der Waals surface area contributed by atoms with Crippen LogP contribution in [0.4, 0.5) is 4.39 Å². The van der Waals surface area contributed by atoms with Crippen LogP contribution in [0.5, 0.6) is 0 Å². The summed E-state index contributed by atoms with van der Waals surface area (Å²) in [6.07, 6.45) is 2.26. The zero-order valence-corrected chi connectivity index (χ0v) is 10.9. The van der Waals surface area contributed by atoms with E-state index >= 15 is 0 Å². The average Bonchev–Trinajstić information content (AvgIpc) is 3.14. The van der Waals surface area contributed by atoms with Gasteiger partial charge in [-0.1, -0.05) is 24.4 Å². The number of aliphatic hydroxyl groups is 1. The summed E-state index contributed by atoms with van der Waals surface area (Å²) in [5.41, 5.74) is 6.63. The molecule has 1 aliphatic rings. The van der Waals surface area contributed by atoms with Crippen LogP contribution in [0.2, 0.25) is 0 Å². The molecule has 0 amide bonds. The number of nitrogens with zero attached hydrogens (tertiary/aromatic N) is 1. The standard InChI is InChI=1S/C13H17FN2OS/c14-12-7-9(13(15)18)1-2-10(12)8-16(5-6-17)11-3-4-11/h1-2,7,11,17H,3-6,8H2,(H2,15,18). The van der Waals surface area contributed by atoms with E-state index in [2.05, 4.69) is 4.90 Å². The maximum absolute atomic E-state index is 13.9. The fourth-order valence-electron chi connectivity index (χ4n) is 2.01. The highest BCUT2D eigenvalue weighted by molar-refractivity contribution is 7.80. The molecule has 3 N–H and O–H groups in total. The van der Waals surface area contributed by atoms with Gasteiger partial charge in [0.05, 0.1) is 6.61 Å². The minimum Gasteiger partial charge on any atom is -0.395 e. The predicted molar refractivity (Wildman–Crippen MR) is 72.8 cm³/mol. The second-order valence-electron chi connectivity index (χ2n) is 4.60. The number of nitrogens with two attached hydrogens (primary N) is 1. The van der Waals surface area contributed by atoms with E-state index in [1.807, 2.05) is 0 Å². The highest BCUT2D eigenvalue weighted by atomic mass is 32.1. The summed E-state index contributed by atoms with van der Waals surface area (Å²) in [6, 6.07) is 5.33. The Morgan fingerprint density at radius 3 is 2.72 bits per heavy atom. The molecule has 5 heteroatoms. The Balaban J connectivity index is 2.10. The molecule has 2 rings (SSSR count). The Bertz CT molecular complexity index is 449. The highest BCUT2D eigenvalue weighted by Crippen LogP contribution is 2.28. The van der Waals surface area contributed by atoms with Gasteiger partial charge in [0.25, 0.3) is 0 Å². The van der Waals surface area contributed by atoms with E-state index in [-0.39, 0.29) is 17.4 Å². The van der Waals surface area contributed by atoms with Crippen molar-refractivity contribution in [2.45, 2.75) is 25.4 Å². The van der Waals surface area contributed by atoms with E-state index in [1.165, 1.54) is 6.07 Å². The summed E-state index contributed by atoms with van der Waals surface area (Å²) in [7, 11) is 0. The second kappa shape index (κ2) is 5.73. The van der Waals surface area contributed by atoms with Gasteiger partial charge in [-0.3, -0.25) is 4.90 Å². The Labute approximate surface area is 111 Å². The molecule has 1 aliphatic carbocycles. The van der Waals surface area contributed by atoms with Crippen LogP contribution in [0, 0.1) is 5.82 Å². The first kappa shape index (κ1) is 13.4. The summed E-state index contributed by atoms with van der Waals surface area (Å²) in [4.78, 5) is 2.31. The number of benzene rings is 1. The average molecular weight is 268 g/mol. The quantitative estimate of drug-likeness (QED) is 0.766. The molecule has 1 aromatic rings. The lowest BCUT2D eigenvalue weighted by Crippen LogP contribution is -2.29. The van der Waals surface area contributed by atoms with Gasteiger partial charge in [0.1, 0.15) is 10.8 Å². The van der Waals surface area contributed by atoms with Crippen LogP contribution in [-0.4, -0.2) is 34.2 Å². The van der Waals surface area contributed by atoms with Crippen molar-refractivity contribution in [2.24, 2.45) is 5.73 Å². The Morgan fingerprint density at radius 1 is 1.50 bits per heavy atom. The maximum atomic E-state index is 13.9. The zero-order valence-electron chi connectivity index (χ0n) is 10.1. The van der Waals surface area contributed by atoms with Crippen molar-refractivity contribution >= 4 is 17.2 Å². The van der Waals surface area contributed by atoms with Crippen molar-refractivity contribution in [2.75, 3.05) is 13.2 Å². The summed E-state index contributed by atoms with van der Waals surface area (Å²) < 4.78 is 13.9. The molecule has 0 heterocycles. The van der Waals surface area contributed by atoms with Gasteiger partial charge in [-0.25, -0.2) is 4.39 Å². The highest BCUT2D eigenvalue weighted by Gasteiger charge is 2.28. The third-order valence-electron chi connectivity index (χ3n) is 3.16. The van der Waals surface area contributed by atoms with Crippen LogP contribution in [0.25, 0.3) is 0 Å². The van der Waals surface area contributed by atoms with Gasteiger partial charge in [0.15, 0.2) is 0 Å². The minimum absolute atomic E-state index is 0.100. The van der Waals surface area contributed by atoms with E-state index < -0.39 is 0 Å². The zero-order chi connectivity index (χ0) is 13.1. The van der Waals surface area contributed by atoms with Gasteiger partial charge in [-0.2, -0.15) is 0 Å². The molecule has 0 radical (unpaired) electrons. The van der Waals surface area contributed by atoms with Crippen LogP contribution in [0.15, 0.2) is 18.2 Å².